The van der Waals surface area contributed by atoms with E-state index in [0.717, 1.165) is 11.3 Å². The Balaban J connectivity index is 2.12. The third kappa shape index (κ3) is 3.53. The molecule has 2 N–H and O–H groups in total. The van der Waals surface area contributed by atoms with Crippen LogP contribution in [0.5, 0.6) is 11.5 Å². The maximum absolute atomic E-state index is 10.8. The molecule has 1 unspecified atom stereocenters. The van der Waals surface area contributed by atoms with Crippen molar-refractivity contribution in [2.45, 2.75) is 19.5 Å². The molecule has 0 saturated heterocycles. The Morgan fingerprint density at radius 3 is 2.73 bits per heavy atom. The lowest BCUT2D eigenvalue weighted by molar-refractivity contribution is -0.384. The predicted molar refractivity (Wildman–Crippen MR) is 83.0 cm³/mol. The van der Waals surface area contributed by atoms with Crippen LogP contribution in [0.2, 0.25) is 0 Å². The van der Waals surface area contributed by atoms with Gasteiger partial charge in [0.2, 0.25) is 0 Å². The molecule has 0 saturated carbocycles. The summed E-state index contributed by atoms with van der Waals surface area (Å²) in [6.45, 7) is 2.28. The van der Waals surface area contributed by atoms with Gasteiger partial charge in [-0.25, -0.2) is 0 Å². The van der Waals surface area contributed by atoms with E-state index in [4.69, 9.17) is 4.74 Å². The summed E-state index contributed by atoms with van der Waals surface area (Å²) in [6.07, 6.45) is 0. The number of methoxy groups -OCH3 is 1. The number of aromatic hydroxyl groups is 1. The van der Waals surface area contributed by atoms with Gasteiger partial charge < -0.3 is 15.2 Å². The minimum Gasteiger partial charge on any atom is -0.508 e. The molecule has 0 aromatic heterocycles. The zero-order valence-corrected chi connectivity index (χ0v) is 12.4. The molecule has 0 amide bonds. The normalized spacial score (nSPS) is 11.9. The Morgan fingerprint density at radius 2 is 2.05 bits per heavy atom. The van der Waals surface area contributed by atoms with E-state index in [1.165, 1.54) is 18.2 Å². The number of hydrogen-bond donors (Lipinski definition) is 2. The minimum atomic E-state index is -0.480. The molecule has 0 spiro atoms. The zero-order valence-electron chi connectivity index (χ0n) is 12.4. The third-order valence-corrected chi connectivity index (χ3v) is 3.48. The number of nitro benzene ring substituents is 1. The van der Waals surface area contributed by atoms with Crippen LogP contribution in [-0.2, 0) is 6.54 Å². The molecule has 0 radical (unpaired) electrons. The van der Waals surface area contributed by atoms with Crippen molar-refractivity contribution in [3.05, 3.63) is 63.7 Å². The lowest BCUT2D eigenvalue weighted by Gasteiger charge is -2.17. The van der Waals surface area contributed by atoms with E-state index in [1.54, 1.807) is 7.11 Å². The molecule has 1 atom stereocenters. The largest absolute Gasteiger partial charge is 0.508 e. The lowest BCUT2D eigenvalue weighted by atomic mass is 10.1. The van der Waals surface area contributed by atoms with Crippen molar-refractivity contribution in [2.75, 3.05) is 7.11 Å². The summed E-state index contributed by atoms with van der Waals surface area (Å²) in [5, 5.41) is 23.8. The van der Waals surface area contributed by atoms with Crippen molar-refractivity contribution in [3.63, 3.8) is 0 Å². The molecule has 2 aromatic rings. The zero-order chi connectivity index (χ0) is 16.1. The first-order chi connectivity index (χ1) is 10.5. The van der Waals surface area contributed by atoms with Crippen molar-refractivity contribution in [2.24, 2.45) is 0 Å². The molecule has 22 heavy (non-hydrogen) atoms. The molecule has 6 nitrogen and oxygen atoms in total. The molecule has 0 aliphatic rings. The van der Waals surface area contributed by atoms with Gasteiger partial charge in [0.05, 0.1) is 12.0 Å². The fourth-order valence-corrected chi connectivity index (χ4v) is 2.22. The number of hydrogen-bond acceptors (Lipinski definition) is 5. The molecule has 116 valence electrons. The Morgan fingerprint density at radius 1 is 1.32 bits per heavy atom. The summed E-state index contributed by atoms with van der Waals surface area (Å²) in [5.41, 5.74) is 1.42. The first-order valence-electron chi connectivity index (χ1n) is 6.85. The number of nitrogens with one attached hydrogen (secondary N) is 1. The van der Waals surface area contributed by atoms with Gasteiger partial charge in [0.15, 0.2) is 0 Å². The SMILES string of the molecule is COc1ccccc1C(C)NCc1cc([N+](=O)[O-])ccc1O. The number of nitrogens with zero attached hydrogens (tertiary/aromatic N) is 1. The van der Waals surface area contributed by atoms with Crippen LogP contribution in [0.4, 0.5) is 5.69 Å². The highest BCUT2D eigenvalue weighted by atomic mass is 16.6. The van der Waals surface area contributed by atoms with Gasteiger partial charge in [-0.2, -0.15) is 0 Å². The second-order valence-electron chi connectivity index (χ2n) is 4.91. The fraction of sp³-hybridized carbons (Fsp3) is 0.250. The Hall–Kier alpha value is -2.60. The van der Waals surface area contributed by atoms with Crippen LogP contribution in [0.3, 0.4) is 0 Å². The molecule has 2 aromatic carbocycles. The molecule has 0 bridgehead atoms. The summed E-state index contributed by atoms with van der Waals surface area (Å²) < 4.78 is 5.31. The molecule has 2 rings (SSSR count). The van der Waals surface area contributed by atoms with E-state index in [1.807, 2.05) is 31.2 Å². The first kappa shape index (κ1) is 15.8. The number of non-ortho nitro benzene ring substituents is 1. The van der Waals surface area contributed by atoms with E-state index < -0.39 is 4.92 Å². The fourth-order valence-electron chi connectivity index (χ4n) is 2.22. The number of phenolic OH excluding ortho intramolecular Hbond substituents is 1. The second-order valence-corrected chi connectivity index (χ2v) is 4.91. The summed E-state index contributed by atoms with van der Waals surface area (Å²) in [4.78, 5) is 10.3. The molecule has 6 heteroatoms. The minimum absolute atomic E-state index is 0.0326. The number of para-hydroxylation sites is 1. The standard InChI is InChI=1S/C16H18N2O4/c1-11(14-5-3-4-6-16(14)22-2)17-10-12-9-13(18(20)21)7-8-15(12)19/h3-9,11,17,19H,10H2,1-2H3. The second kappa shape index (κ2) is 6.91. The first-order valence-corrected chi connectivity index (χ1v) is 6.85. The smallest absolute Gasteiger partial charge is 0.270 e. The number of benzene rings is 2. The summed E-state index contributed by atoms with van der Waals surface area (Å²) in [7, 11) is 1.61. The summed E-state index contributed by atoms with van der Waals surface area (Å²) in [6, 6.07) is 11.6. The van der Waals surface area contributed by atoms with Crippen molar-refractivity contribution < 1.29 is 14.8 Å². The van der Waals surface area contributed by atoms with Crippen molar-refractivity contribution >= 4 is 5.69 Å². The topological polar surface area (TPSA) is 84.6 Å². The van der Waals surface area contributed by atoms with E-state index in [2.05, 4.69) is 5.32 Å². The molecular weight excluding hydrogens is 284 g/mol. The molecule has 0 aliphatic carbocycles. The highest BCUT2D eigenvalue weighted by Gasteiger charge is 2.13. The lowest BCUT2D eigenvalue weighted by Crippen LogP contribution is -2.18. The maximum atomic E-state index is 10.8. The number of nitro groups is 1. The third-order valence-electron chi connectivity index (χ3n) is 3.48. The monoisotopic (exact) mass is 302 g/mol. The number of phenols is 1. The average Bonchev–Trinajstić information content (AvgIpc) is 2.53. The van der Waals surface area contributed by atoms with E-state index in [9.17, 15) is 15.2 Å². The summed E-state index contributed by atoms with van der Waals surface area (Å²) >= 11 is 0. The van der Waals surface area contributed by atoms with Crippen LogP contribution in [0, 0.1) is 10.1 Å². The van der Waals surface area contributed by atoms with Crippen LogP contribution < -0.4 is 10.1 Å². The maximum Gasteiger partial charge on any atom is 0.270 e. The highest BCUT2D eigenvalue weighted by Crippen LogP contribution is 2.26. The van der Waals surface area contributed by atoms with E-state index in [0.29, 0.717) is 12.1 Å². The van der Waals surface area contributed by atoms with Gasteiger partial charge in [-0.05, 0) is 19.1 Å². The van der Waals surface area contributed by atoms with Gasteiger partial charge in [0, 0.05) is 35.8 Å². The Bertz CT molecular complexity index is 673. The van der Waals surface area contributed by atoms with Gasteiger partial charge in [0.1, 0.15) is 11.5 Å². The Labute approximate surface area is 128 Å². The average molecular weight is 302 g/mol. The van der Waals surface area contributed by atoms with Crippen LogP contribution in [0.15, 0.2) is 42.5 Å². The van der Waals surface area contributed by atoms with Crippen molar-refractivity contribution in [1.82, 2.24) is 5.32 Å². The highest BCUT2D eigenvalue weighted by molar-refractivity contribution is 5.43. The van der Waals surface area contributed by atoms with E-state index >= 15 is 0 Å². The molecule has 0 fully saturated rings. The van der Waals surface area contributed by atoms with E-state index in [-0.39, 0.29) is 17.5 Å². The summed E-state index contributed by atoms with van der Waals surface area (Å²) in [5.74, 6) is 0.802. The quantitative estimate of drug-likeness (QED) is 0.632. The molecular formula is C16H18N2O4. The van der Waals surface area contributed by atoms with Crippen LogP contribution in [0.1, 0.15) is 24.1 Å². The number of rotatable bonds is 6. The molecule has 0 heterocycles. The van der Waals surface area contributed by atoms with Crippen LogP contribution in [-0.4, -0.2) is 17.1 Å². The van der Waals surface area contributed by atoms with Gasteiger partial charge >= 0.3 is 0 Å². The van der Waals surface area contributed by atoms with Crippen molar-refractivity contribution in [3.8, 4) is 11.5 Å². The van der Waals surface area contributed by atoms with Crippen LogP contribution >= 0.6 is 0 Å². The van der Waals surface area contributed by atoms with Gasteiger partial charge in [-0.15, -0.1) is 0 Å². The predicted octanol–water partition coefficient (Wildman–Crippen LogP) is 3.16. The number of ether oxygens (including phenoxy) is 1. The van der Waals surface area contributed by atoms with Gasteiger partial charge in [-0.1, -0.05) is 18.2 Å². The van der Waals surface area contributed by atoms with Gasteiger partial charge in [-0.3, -0.25) is 10.1 Å². The van der Waals surface area contributed by atoms with Crippen LogP contribution in [0.25, 0.3) is 0 Å². The van der Waals surface area contributed by atoms with Gasteiger partial charge in [0.25, 0.3) is 5.69 Å². The van der Waals surface area contributed by atoms with Crippen molar-refractivity contribution in [1.29, 1.82) is 0 Å². The molecule has 0 aliphatic heterocycles. The Kier molecular flexibility index (Phi) is 4.95.